The number of aromatic nitrogens is 2. The first-order chi connectivity index (χ1) is 16.3. The molecule has 3 aromatic rings. The second kappa shape index (κ2) is 13.3. The fourth-order valence-corrected chi connectivity index (χ4v) is 4.29. The van der Waals surface area contributed by atoms with Gasteiger partial charge < -0.3 is 15.4 Å². The van der Waals surface area contributed by atoms with E-state index in [0.717, 1.165) is 50.0 Å². The van der Waals surface area contributed by atoms with Crippen molar-refractivity contribution in [3.63, 3.8) is 0 Å². The Labute approximate surface area is 219 Å². The third-order valence-electron chi connectivity index (χ3n) is 6.13. The first-order valence-electron chi connectivity index (χ1n) is 11.7. The van der Waals surface area contributed by atoms with Crippen molar-refractivity contribution >= 4 is 29.9 Å². The number of likely N-dealkylation sites (tertiary alicyclic amines) is 1. The van der Waals surface area contributed by atoms with Crippen LogP contribution in [0.2, 0.25) is 0 Å². The van der Waals surface area contributed by atoms with Crippen LogP contribution in [0, 0.1) is 0 Å². The van der Waals surface area contributed by atoms with Crippen LogP contribution >= 0.6 is 24.0 Å². The van der Waals surface area contributed by atoms with Gasteiger partial charge in [-0.1, -0.05) is 30.3 Å². The summed E-state index contributed by atoms with van der Waals surface area (Å²) in [5, 5.41) is 11.5. The minimum Gasteiger partial charge on any atom is -0.497 e. The normalized spacial score (nSPS) is 14.9. The van der Waals surface area contributed by atoms with Crippen molar-refractivity contribution in [3.8, 4) is 11.4 Å². The van der Waals surface area contributed by atoms with Crippen molar-refractivity contribution in [3.05, 3.63) is 78.1 Å². The number of nitrogens with one attached hydrogen (secondary N) is 2. The van der Waals surface area contributed by atoms with Gasteiger partial charge in [0, 0.05) is 26.3 Å². The van der Waals surface area contributed by atoms with E-state index >= 15 is 0 Å². The van der Waals surface area contributed by atoms with Crippen molar-refractivity contribution in [2.24, 2.45) is 4.99 Å². The Bertz CT molecular complexity index is 1020. The lowest BCUT2D eigenvalue weighted by Crippen LogP contribution is -2.43. The molecule has 0 aliphatic carbocycles. The third-order valence-corrected chi connectivity index (χ3v) is 6.13. The van der Waals surface area contributed by atoms with Crippen molar-refractivity contribution in [2.75, 3.05) is 40.3 Å². The van der Waals surface area contributed by atoms with Crippen molar-refractivity contribution in [2.45, 2.75) is 25.3 Å². The molecule has 1 aromatic heterocycles. The molecule has 1 aliphatic heterocycles. The average molecular weight is 575 g/mol. The van der Waals surface area contributed by atoms with Gasteiger partial charge in [-0.25, -0.2) is 4.68 Å². The Kier molecular flexibility index (Phi) is 10.2. The van der Waals surface area contributed by atoms with Gasteiger partial charge in [-0.3, -0.25) is 9.89 Å². The van der Waals surface area contributed by atoms with E-state index in [9.17, 15) is 0 Å². The van der Waals surface area contributed by atoms with Crippen LogP contribution in [-0.4, -0.2) is 61.0 Å². The van der Waals surface area contributed by atoms with E-state index < -0.39 is 0 Å². The second-order valence-corrected chi connectivity index (χ2v) is 8.29. The zero-order valence-electron chi connectivity index (χ0n) is 20.0. The van der Waals surface area contributed by atoms with Crippen LogP contribution in [0.1, 0.15) is 30.0 Å². The van der Waals surface area contributed by atoms with Crippen molar-refractivity contribution in [1.82, 2.24) is 25.3 Å². The Morgan fingerprint density at radius 1 is 1.06 bits per heavy atom. The maximum atomic E-state index is 5.33. The molecule has 0 amide bonds. The van der Waals surface area contributed by atoms with E-state index in [2.05, 4.69) is 56.1 Å². The number of benzene rings is 2. The summed E-state index contributed by atoms with van der Waals surface area (Å²) in [6, 6.07) is 18.9. The Balaban J connectivity index is 0.00000324. The van der Waals surface area contributed by atoms with Crippen LogP contribution in [0.15, 0.2) is 72.0 Å². The van der Waals surface area contributed by atoms with Crippen LogP contribution < -0.4 is 15.4 Å². The molecule has 1 aliphatic rings. The van der Waals surface area contributed by atoms with Crippen LogP contribution in [0.4, 0.5) is 0 Å². The number of rotatable bonds is 9. The Morgan fingerprint density at radius 3 is 2.47 bits per heavy atom. The highest BCUT2D eigenvalue weighted by Crippen LogP contribution is 2.26. The lowest BCUT2D eigenvalue weighted by Gasteiger charge is -2.29. The summed E-state index contributed by atoms with van der Waals surface area (Å²) in [6.45, 7) is 3.86. The number of guanidine groups is 1. The molecule has 7 nitrogen and oxygen atoms in total. The van der Waals surface area contributed by atoms with Crippen molar-refractivity contribution in [1.29, 1.82) is 0 Å². The zero-order chi connectivity index (χ0) is 22.9. The van der Waals surface area contributed by atoms with Gasteiger partial charge in [0.2, 0.25) is 0 Å². The second-order valence-electron chi connectivity index (χ2n) is 8.29. The summed E-state index contributed by atoms with van der Waals surface area (Å²) in [4.78, 5) is 6.98. The number of ether oxygens (including phenoxy) is 1. The number of hydrogen-bond acceptors (Lipinski definition) is 4. The molecule has 1 fully saturated rings. The van der Waals surface area contributed by atoms with E-state index in [-0.39, 0.29) is 24.0 Å². The van der Waals surface area contributed by atoms with E-state index in [0.29, 0.717) is 6.04 Å². The first-order valence-corrected chi connectivity index (χ1v) is 11.7. The van der Waals surface area contributed by atoms with Crippen LogP contribution in [0.3, 0.4) is 0 Å². The molecule has 1 unspecified atom stereocenters. The lowest BCUT2D eigenvalue weighted by molar-refractivity contribution is 0.245. The molecule has 2 aromatic carbocycles. The van der Waals surface area contributed by atoms with E-state index in [1.54, 1.807) is 7.11 Å². The van der Waals surface area contributed by atoms with Gasteiger partial charge in [-0.2, -0.15) is 5.10 Å². The number of hydrogen-bond donors (Lipinski definition) is 2. The monoisotopic (exact) mass is 574 g/mol. The average Bonchev–Trinajstić information content (AvgIpc) is 3.57. The van der Waals surface area contributed by atoms with E-state index in [1.807, 2.05) is 48.3 Å². The molecule has 0 radical (unpaired) electrons. The maximum Gasteiger partial charge on any atom is 0.191 e. The lowest BCUT2D eigenvalue weighted by atomic mass is 10.1. The molecule has 0 spiro atoms. The molecular formula is C26H35IN6O. The molecule has 8 heteroatoms. The summed E-state index contributed by atoms with van der Waals surface area (Å²) < 4.78 is 7.25. The number of aliphatic imine (C=N–C) groups is 1. The standard InChI is InChI=1S/C26H34N6O.HI/c1-27-26(28-15-14-21-18-30-32(20-21)23-8-4-3-5-9-23)29-19-25(31-16-6-7-17-31)22-10-12-24(33-2)13-11-22;/h3-5,8-13,18,20,25H,6-7,14-17,19H2,1-2H3,(H2,27,28,29);1H. The molecule has 4 rings (SSSR count). The van der Waals surface area contributed by atoms with Gasteiger partial charge in [0.1, 0.15) is 5.75 Å². The van der Waals surface area contributed by atoms with Gasteiger partial charge in [0.05, 0.1) is 25.0 Å². The summed E-state index contributed by atoms with van der Waals surface area (Å²) >= 11 is 0. The minimum atomic E-state index is 0. The van der Waals surface area contributed by atoms with Gasteiger partial charge in [-0.15, -0.1) is 24.0 Å². The molecule has 0 saturated carbocycles. The molecule has 34 heavy (non-hydrogen) atoms. The Hall–Kier alpha value is -2.59. The fraction of sp³-hybridized carbons (Fsp3) is 0.385. The van der Waals surface area contributed by atoms with E-state index in [4.69, 9.17) is 4.74 Å². The SMILES string of the molecule is CN=C(NCCc1cnn(-c2ccccc2)c1)NCC(c1ccc(OC)cc1)N1CCCC1.I. The third kappa shape index (κ3) is 6.96. The highest BCUT2D eigenvalue weighted by Gasteiger charge is 2.23. The predicted molar refractivity (Wildman–Crippen MR) is 149 cm³/mol. The summed E-state index contributed by atoms with van der Waals surface area (Å²) in [6.07, 6.45) is 7.41. The first kappa shape index (κ1) is 26.0. The molecule has 2 heterocycles. The van der Waals surface area contributed by atoms with Gasteiger partial charge in [0.25, 0.3) is 0 Å². The van der Waals surface area contributed by atoms with Crippen LogP contribution in [0.25, 0.3) is 5.69 Å². The summed E-state index contributed by atoms with van der Waals surface area (Å²) in [5.41, 5.74) is 3.56. The number of nitrogens with zero attached hydrogens (tertiary/aromatic N) is 4. The van der Waals surface area contributed by atoms with Crippen LogP contribution in [0.5, 0.6) is 5.75 Å². The topological polar surface area (TPSA) is 66.7 Å². The van der Waals surface area contributed by atoms with Gasteiger partial charge in [0.15, 0.2) is 5.96 Å². The molecule has 182 valence electrons. The largest absolute Gasteiger partial charge is 0.497 e. The summed E-state index contributed by atoms with van der Waals surface area (Å²) in [7, 11) is 3.53. The molecular weight excluding hydrogens is 539 g/mol. The molecule has 1 atom stereocenters. The van der Waals surface area contributed by atoms with E-state index in [1.165, 1.54) is 24.0 Å². The maximum absolute atomic E-state index is 5.33. The quantitative estimate of drug-likeness (QED) is 0.230. The zero-order valence-corrected chi connectivity index (χ0v) is 22.3. The van der Waals surface area contributed by atoms with Gasteiger partial charge in [-0.05, 0) is 67.7 Å². The number of para-hydroxylation sites is 1. The number of methoxy groups -OCH3 is 1. The molecule has 2 N–H and O–H groups in total. The van der Waals surface area contributed by atoms with Crippen LogP contribution in [-0.2, 0) is 6.42 Å². The Morgan fingerprint density at radius 2 is 1.79 bits per heavy atom. The fourth-order valence-electron chi connectivity index (χ4n) is 4.29. The highest BCUT2D eigenvalue weighted by atomic mass is 127. The number of halogens is 1. The smallest absolute Gasteiger partial charge is 0.191 e. The van der Waals surface area contributed by atoms with Crippen molar-refractivity contribution < 1.29 is 4.74 Å². The predicted octanol–water partition coefficient (Wildman–Crippen LogP) is 4.04. The molecule has 1 saturated heterocycles. The molecule has 0 bridgehead atoms. The van der Waals surface area contributed by atoms with Gasteiger partial charge >= 0.3 is 0 Å². The highest BCUT2D eigenvalue weighted by molar-refractivity contribution is 14.0. The summed E-state index contributed by atoms with van der Waals surface area (Å²) in [5.74, 6) is 1.71. The minimum absolute atomic E-state index is 0.